The number of amides is 2. The van der Waals surface area contributed by atoms with Crippen LogP contribution in [0.5, 0.6) is 0 Å². The van der Waals surface area contributed by atoms with Crippen LogP contribution in [0.2, 0.25) is 0 Å². The van der Waals surface area contributed by atoms with Gasteiger partial charge in [-0.1, -0.05) is 11.3 Å². The Balaban J connectivity index is 1.99. The molecule has 2 rings (SSSR count). The molecule has 1 fully saturated rings. The van der Waals surface area contributed by atoms with E-state index < -0.39 is 5.91 Å². The molecule has 0 aromatic carbocycles. The first-order valence-corrected chi connectivity index (χ1v) is 6.97. The maximum atomic E-state index is 11.9. The summed E-state index contributed by atoms with van der Waals surface area (Å²) in [5, 5.41) is 3.39. The fourth-order valence-electron chi connectivity index (χ4n) is 1.91. The lowest BCUT2D eigenvalue weighted by molar-refractivity contribution is -0.117. The number of aromatic nitrogens is 1. The molecule has 7 nitrogen and oxygen atoms in total. The Labute approximate surface area is 115 Å². The van der Waals surface area contributed by atoms with E-state index in [4.69, 9.17) is 11.5 Å². The number of rotatable bonds is 5. The third-order valence-electron chi connectivity index (χ3n) is 2.88. The van der Waals surface area contributed by atoms with Crippen molar-refractivity contribution >= 4 is 34.1 Å². The summed E-state index contributed by atoms with van der Waals surface area (Å²) in [6.07, 6.45) is 2.39. The highest BCUT2D eigenvalue weighted by atomic mass is 32.1. The van der Waals surface area contributed by atoms with Gasteiger partial charge in [0.1, 0.15) is 10.7 Å². The van der Waals surface area contributed by atoms with Crippen LogP contribution in [0.25, 0.3) is 0 Å². The SMILES string of the molecule is NC(=O)CCNC(=O)c1sc(N2CCCC2)nc1N. The molecular weight excluding hydrogens is 266 g/mol. The maximum absolute atomic E-state index is 11.9. The summed E-state index contributed by atoms with van der Waals surface area (Å²) in [4.78, 5) is 29.2. The lowest BCUT2D eigenvalue weighted by atomic mass is 10.4. The summed E-state index contributed by atoms with van der Waals surface area (Å²) in [7, 11) is 0. The van der Waals surface area contributed by atoms with Gasteiger partial charge in [0.2, 0.25) is 5.91 Å². The highest BCUT2D eigenvalue weighted by Crippen LogP contribution is 2.30. The molecule has 1 aromatic heterocycles. The lowest BCUT2D eigenvalue weighted by Crippen LogP contribution is -2.27. The Hall–Kier alpha value is -1.83. The van der Waals surface area contributed by atoms with Crippen molar-refractivity contribution in [2.45, 2.75) is 19.3 Å². The van der Waals surface area contributed by atoms with Crippen molar-refractivity contribution in [1.82, 2.24) is 10.3 Å². The molecule has 5 N–H and O–H groups in total. The summed E-state index contributed by atoms with van der Waals surface area (Å²) >= 11 is 1.29. The van der Waals surface area contributed by atoms with Crippen LogP contribution in [0.4, 0.5) is 10.9 Å². The molecule has 0 radical (unpaired) electrons. The molecule has 2 heterocycles. The summed E-state index contributed by atoms with van der Waals surface area (Å²) < 4.78 is 0. The molecule has 19 heavy (non-hydrogen) atoms. The average molecular weight is 283 g/mol. The molecular formula is C11H17N5O2S. The number of hydrogen-bond acceptors (Lipinski definition) is 6. The van der Waals surface area contributed by atoms with Gasteiger partial charge in [0.05, 0.1) is 0 Å². The third-order valence-corrected chi connectivity index (χ3v) is 4.01. The van der Waals surface area contributed by atoms with Crippen molar-refractivity contribution in [3.8, 4) is 0 Å². The van der Waals surface area contributed by atoms with E-state index in [1.54, 1.807) is 0 Å². The van der Waals surface area contributed by atoms with Crippen LogP contribution in [-0.4, -0.2) is 36.4 Å². The number of nitrogens with one attached hydrogen (secondary N) is 1. The number of hydrogen-bond donors (Lipinski definition) is 3. The average Bonchev–Trinajstić information content (AvgIpc) is 2.96. The number of nitrogens with two attached hydrogens (primary N) is 2. The first kappa shape index (κ1) is 13.6. The minimum atomic E-state index is -0.449. The van der Waals surface area contributed by atoms with E-state index in [-0.39, 0.29) is 24.7 Å². The minimum Gasteiger partial charge on any atom is -0.382 e. The summed E-state index contributed by atoms with van der Waals surface area (Å²) in [5.74, 6) is -0.513. The van der Waals surface area contributed by atoms with E-state index in [9.17, 15) is 9.59 Å². The number of anilines is 2. The van der Waals surface area contributed by atoms with Gasteiger partial charge < -0.3 is 21.7 Å². The van der Waals surface area contributed by atoms with E-state index >= 15 is 0 Å². The molecule has 0 aliphatic carbocycles. The molecule has 0 unspecified atom stereocenters. The van der Waals surface area contributed by atoms with Crippen molar-refractivity contribution in [2.24, 2.45) is 5.73 Å². The molecule has 1 aromatic rings. The minimum absolute atomic E-state index is 0.115. The van der Waals surface area contributed by atoms with Crippen molar-refractivity contribution in [3.05, 3.63) is 4.88 Å². The van der Waals surface area contributed by atoms with Crippen LogP contribution < -0.4 is 21.7 Å². The van der Waals surface area contributed by atoms with E-state index in [0.29, 0.717) is 4.88 Å². The van der Waals surface area contributed by atoms with Crippen LogP contribution in [-0.2, 0) is 4.79 Å². The largest absolute Gasteiger partial charge is 0.382 e. The molecule has 104 valence electrons. The first-order valence-electron chi connectivity index (χ1n) is 6.15. The maximum Gasteiger partial charge on any atom is 0.265 e. The zero-order valence-electron chi connectivity index (χ0n) is 10.5. The van der Waals surface area contributed by atoms with Gasteiger partial charge in [0, 0.05) is 26.1 Å². The quantitative estimate of drug-likeness (QED) is 0.700. The van der Waals surface area contributed by atoms with E-state index in [2.05, 4.69) is 15.2 Å². The van der Waals surface area contributed by atoms with E-state index in [0.717, 1.165) is 31.1 Å². The van der Waals surface area contributed by atoms with Crippen LogP contribution in [0.1, 0.15) is 28.9 Å². The second-order valence-electron chi connectivity index (χ2n) is 4.38. The Bertz CT molecular complexity index is 481. The number of carbonyl (C=O) groups excluding carboxylic acids is 2. The zero-order chi connectivity index (χ0) is 13.8. The van der Waals surface area contributed by atoms with Gasteiger partial charge in [-0.2, -0.15) is 0 Å². The Morgan fingerprint density at radius 1 is 1.37 bits per heavy atom. The van der Waals surface area contributed by atoms with Crippen LogP contribution in [0.15, 0.2) is 0 Å². The fraction of sp³-hybridized carbons (Fsp3) is 0.545. The predicted molar refractivity (Wildman–Crippen MR) is 74.1 cm³/mol. The molecule has 1 aliphatic heterocycles. The van der Waals surface area contributed by atoms with Gasteiger partial charge in [-0.15, -0.1) is 0 Å². The first-order chi connectivity index (χ1) is 9.08. The van der Waals surface area contributed by atoms with Crippen LogP contribution >= 0.6 is 11.3 Å². The van der Waals surface area contributed by atoms with Crippen molar-refractivity contribution in [1.29, 1.82) is 0 Å². The topological polar surface area (TPSA) is 114 Å². The van der Waals surface area contributed by atoms with Gasteiger partial charge in [0.15, 0.2) is 5.13 Å². The summed E-state index contributed by atoms with van der Waals surface area (Å²) in [6.45, 7) is 2.12. The van der Waals surface area contributed by atoms with Crippen molar-refractivity contribution < 1.29 is 9.59 Å². The Kier molecular flexibility index (Phi) is 4.20. The molecule has 0 bridgehead atoms. The van der Waals surface area contributed by atoms with Crippen LogP contribution in [0.3, 0.4) is 0 Å². The van der Waals surface area contributed by atoms with Crippen molar-refractivity contribution in [3.63, 3.8) is 0 Å². The molecule has 0 spiro atoms. The molecule has 0 atom stereocenters. The molecule has 0 saturated carbocycles. The number of nitrogens with zero attached hydrogens (tertiary/aromatic N) is 2. The van der Waals surface area contributed by atoms with E-state index in [1.807, 2.05) is 0 Å². The zero-order valence-corrected chi connectivity index (χ0v) is 11.3. The van der Waals surface area contributed by atoms with E-state index in [1.165, 1.54) is 11.3 Å². The van der Waals surface area contributed by atoms with Crippen LogP contribution in [0, 0.1) is 0 Å². The summed E-state index contributed by atoms with van der Waals surface area (Å²) in [5.41, 5.74) is 10.8. The molecule has 1 saturated heterocycles. The Morgan fingerprint density at radius 2 is 2.05 bits per heavy atom. The van der Waals surface area contributed by atoms with Gasteiger partial charge >= 0.3 is 0 Å². The molecule has 1 aliphatic rings. The van der Waals surface area contributed by atoms with Gasteiger partial charge in [-0.05, 0) is 12.8 Å². The smallest absolute Gasteiger partial charge is 0.265 e. The van der Waals surface area contributed by atoms with Gasteiger partial charge in [-0.25, -0.2) is 4.98 Å². The lowest BCUT2D eigenvalue weighted by Gasteiger charge is -2.11. The number of nitrogen functional groups attached to an aromatic ring is 1. The second-order valence-corrected chi connectivity index (χ2v) is 5.35. The predicted octanol–water partition coefficient (Wildman–Crippen LogP) is -0.0693. The van der Waals surface area contributed by atoms with Gasteiger partial charge in [0.25, 0.3) is 5.91 Å². The number of primary amides is 1. The van der Waals surface area contributed by atoms with Crippen molar-refractivity contribution in [2.75, 3.05) is 30.3 Å². The standard InChI is InChI=1S/C11H17N5O2S/c12-7(17)3-4-14-10(18)8-9(13)15-11(19-8)16-5-1-2-6-16/h1-6,13H2,(H2,12,17)(H,14,18). The fourth-order valence-corrected chi connectivity index (χ4v) is 2.86. The molecule has 8 heteroatoms. The second kappa shape index (κ2) is 5.87. The monoisotopic (exact) mass is 283 g/mol. The summed E-state index contributed by atoms with van der Waals surface area (Å²) in [6, 6.07) is 0. The highest BCUT2D eigenvalue weighted by Gasteiger charge is 2.21. The normalized spacial score (nSPS) is 14.6. The van der Waals surface area contributed by atoms with Gasteiger partial charge in [-0.3, -0.25) is 9.59 Å². The number of carbonyl (C=O) groups is 2. The number of thiazole rings is 1. The molecule has 2 amide bonds. The Morgan fingerprint density at radius 3 is 2.68 bits per heavy atom. The third kappa shape index (κ3) is 3.34. The highest BCUT2D eigenvalue weighted by molar-refractivity contribution is 7.18.